The first kappa shape index (κ1) is 20.6. The zero-order chi connectivity index (χ0) is 20.9. The number of pyridine rings is 1. The third kappa shape index (κ3) is 4.88. The third-order valence-corrected chi connectivity index (χ3v) is 5.87. The van der Waals surface area contributed by atoms with E-state index in [2.05, 4.69) is 48.1 Å². The number of rotatable bonds is 6. The van der Waals surface area contributed by atoms with Crippen molar-refractivity contribution in [2.75, 3.05) is 37.6 Å². The van der Waals surface area contributed by atoms with Gasteiger partial charge in [-0.25, -0.2) is 9.67 Å². The number of hydrogen-bond donors (Lipinski definition) is 1. The van der Waals surface area contributed by atoms with Crippen molar-refractivity contribution in [3.05, 3.63) is 70.6 Å². The van der Waals surface area contributed by atoms with Gasteiger partial charge in [-0.1, -0.05) is 28.9 Å². The lowest BCUT2D eigenvalue weighted by Crippen LogP contribution is -2.46. The summed E-state index contributed by atoms with van der Waals surface area (Å²) >= 11 is 3.42. The van der Waals surface area contributed by atoms with Crippen molar-refractivity contribution < 1.29 is 4.79 Å². The monoisotopic (exact) mass is 468 g/mol. The van der Waals surface area contributed by atoms with Gasteiger partial charge in [-0.2, -0.15) is 5.10 Å². The molecule has 30 heavy (non-hydrogen) atoms. The third-order valence-electron chi connectivity index (χ3n) is 5.34. The Morgan fingerprint density at radius 3 is 2.50 bits per heavy atom. The van der Waals surface area contributed by atoms with Crippen LogP contribution in [-0.2, 0) is 6.54 Å². The Morgan fingerprint density at radius 2 is 1.83 bits per heavy atom. The van der Waals surface area contributed by atoms with Gasteiger partial charge in [0, 0.05) is 49.6 Å². The zero-order valence-electron chi connectivity index (χ0n) is 17.0. The molecule has 1 aromatic carbocycles. The van der Waals surface area contributed by atoms with Crippen LogP contribution in [0.15, 0.2) is 59.5 Å². The molecule has 4 rings (SSSR count). The minimum Gasteiger partial charge on any atom is -0.354 e. The summed E-state index contributed by atoms with van der Waals surface area (Å²) in [6, 6.07) is 11.8. The van der Waals surface area contributed by atoms with Gasteiger partial charge in [0.05, 0.1) is 17.4 Å². The number of benzene rings is 1. The van der Waals surface area contributed by atoms with Crippen LogP contribution in [0.25, 0.3) is 5.69 Å². The maximum Gasteiger partial charge on any atom is 0.254 e. The molecule has 1 fully saturated rings. The highest BCUT2D eigenvalue weighted by Gasteiger charge is 2.16. The van der Waals surface area contributed by atoms with Crippen molar-refractivity contribution in [3.63, 3.8) is 0 Å². The fraction of sp³-hybridized carbons (Fsp3) is 0.318. The molecule has 1 N–H and O–H groups in total. The number of nitrogens with one attached hydrogen (secondary N) is 1. The van der Waals surface area contributed by atoms with Crippen molar-refractivity contribution in [3.8, 4) is 5.69 Å². The van der Waals surface area contributed by atoms with Crippen LogP contribution >= 0.6 is 15.9 Å². The van der Waals surface area contributed by atoms with Crippen LogP contribution in [0.1, 0.15) is 22.8 Å². The smallest absolute Gasteiger partial charge is 0.254 e. The Kier molecular flexibility index (Phi) is 6.44. The summed E-state index contributed by atoms with van der Waals surface area (Å²) in [7, 11) is 0. The second-order valence-electron chi connectivity index (χ2n) is 7.28. The number of amides is 1. The minimum absolute atomic E-state index is 0.155. The summed E-state index contributed by atoms with van der Waals surface area (Å²) in [5.41, 5.74) is 2.40. The van der Waals surface area contributed by atoms with Crippen molar-refractivity contribution in [2.45, 2.75) is 13.5 Å². The van der Waals surface area contributed by atoms with Gasteiger partial charge in [-0.3, -0.25) is 4.79 Å². The predicted octanol–water partition coefficient (Wildman–Crippen LogP) is 3.10. The van der Waals surface area contributed by atoms with E-state index < -0.39 is 0 Å². The molecule has 8 heteroatoms. The molecule has 2 aromatic heterocycles. The number of piperazine rings is 1. The number of halogens is 1. The van der Waals surface area contributed by atoms with Crippen molar-refractivity contribution in [1.82, 2.24) is 25.0 Å². The quantitative estimate of drug-likeness (QED) is 0.601. The molecule has 1 amide bonds. The maximum atomic E-state index is 12.5. The second-order valence-corrected chi connectivity index (χ2v) is 8.19. The number of anilines is 1. The number of aromatic nitrogens is 3. The van der Waals surface area contributed by atoms with Gasteiger partial charge < -0.3 is 15.1 Å². The number of carbonyl (C=O) groups excluding carboxylic acids is 1. The van der Waals surface area contributed by atoms with Gasteiger partial charge in [0.2, 0.25) is 0 Å². The predicted molar refractivity (Wildman–Crippen MR) is 121 cm³/mol. The highest BCUT2D eigenvalue weighted by Crippen LogP contribution is 2.15. The van der Waals surface area contributed by atoms with E-state index >= 15 is 0 Å². The van der Waals surface area contributed by atoms with Crippen molar-refractivity contribution >= 4 is 27.7 Å². The lowest BCUT2D eigenvalue weighted by Gasteiger charge is -2.34. The Morgan fingerprint density at radius 1 is 1.07 bits per heavy atom. The molecule has 1 aliphatic rings. The number of hydrogen-bond acceptors (Lipinski definition) is 5. The van der Waals surface area contributed by atoms with E-state index in [0.717, 1.165) is 54.3 Å². The minimum atomic E-state index is -0.155. The molecule has 7 nitrogen and oxygen atoms in total. The van der Waals surface area contributed by atoms with Crippen LogP contribution in [0, 0.1) is 0 Å². The summed E-state index contributed by atoms with van der Waals surface area (Å²) in [5, 5.41) is 7.23. The van der Waals surface area contributed by atoms with E-state index in [0.29, 0.717) is 12.1 Å². The fourth-order valence-electron chi connectivity index (χ4n) is 3.46. The first-order valence-corrected chi connectivity index (χ1v) is 10.9. The van der Waals surface area contributed by atoms with E-state index in [1.54, 1.807) is 17.1 Å². The van der Waals surface area contributed by atoms with Crippen LogP contribution < -0.4 is 10.2 Å². The van der Waals surface area contributed by atoms with Crippen LogP contribution in [-0.4, -0.2) is 58.3 Å². The Hall–Kier alpha value is -2.71. The molecule has 3 heterocycles. The molecule has 0 spiro atoms. The van der Waals surface area contributed by atoms with Gasteiger partial charge in [0.15, 0.2) is 0 Å². The Balaban J connectivity index is 1.31. The molecule has 0 bridgehead atoms. The van der Waals surface area contributed by atoms with Crippen molar-refractivity contribution in [2.24, 2.45) is 0 Å². The molecule has 1 aliphatic heterocycles. The van der Waals surface area contributed by atoms with E-state index in [9.17, 15) is 4.79 Å². The normalized spacial score (nSPS) is 14.7. The van der Waals surface area contributed by atoms with Gasteiger partial charge >= 0.3 is 0 Å². The molecule has 0 radical (unpaired) electrons. The number of nitrogens with zero attached hydrogens (tertiary/aromatic N) is 5. The standard InChI is InChI=1S/C22H25BrN6O/c1-2-27-9-11-28(12-10-27)21-8-3-17(13-24-21)14-25-22(30)18-15-26-29(16-18)20-6-4-19(23)5-7-20/h3-8,13,15-16H,2,9-12,14H2,1H3,(H,25,30). The van der Waals surface area contributed by atoms with Gasteiger partial charge in [-0.15, -0.1) is 0 Å². The summed E-state index contributed by atoms with van der Waals surface area (Å²) in [5.74, 6) is 0.842. The summed E-state index contributed by atoms with van der Waals surface area (Å²) in [6.45, 7) is 7.87. The molecule has 0 atom stereocenters. The fourth-order valence-corrected chi connectivity index (χ4v) is 3.73. The van der Waals surface area contributed by atoms with E-state index in [1.807, 2.05) is 42.6 Å². The molecule has 0 aliphatic carbocycles. The summed E-state index contributed by atoms with van der Waals surface area (Å²) in [4.78, 5) is 21.8. The molecule has 156 valence electrons. The van der Waals surface area contributed by atoms with Crippen LogP contribution in [0.5, 0.6) is 0 Å². The van der Waals surface area contributed by atoms with Gasteiger partial charge in [0.25, 0.3) is 5.91 Å². The molecule has 0 saturated carbocycles. The van der Waals surface area contributed by atoms with Crippen LogP contribution in [0.2, 0.25) is 0 Å². The molecule has 3 aromatic rings. The lowest BCUT2D eigenvalue weighted by atomic mass is 10.2. The van der Waals surface area contributed by atoms with E-state index in [4.69, 9.17) is 0 Å². The first-order chi connectivity index (χ1) is 14.6. The number of carbonyl (C=O) groups is 1. The van der Waals surface area contributed by atoms with Crippen LogP contribution in [0.3, 0.4) is 0 Å². The van der Waals surface area contributed by atoms with Gasteiger partial charge in [-0.05, 0) is 42.4 Å². The van der Waals surface area contributed by atoms with E-state index in [-0.39, 0.29) is 5.91 Å². The topological polar surface area (TPSA) is 66.3 Å². The molecular formula is C22H25BrN6O. The maximum absolute atomic E-state index is 12.5. The molecule has 0 unspecified atom stereocenters. The van der Waals surface area contributed by atoms with Crippen molar-refractivity contribution in [1.29, 1.82) is 0 Å². The molecular weight excluding hydrogens is 444 g/mol. The van der Waals surface area contributed by atoms with E-state index in [1.165, 1.54) is 0 Å². The molecule has 1 saturated heterocycles. The lowest BCUT2D eigenvalue weighted by molar-refractivity contribution is 0.0951. The SMILES string of the molecule is CCN1CCN(c2ccc(CNC(=O)c3cnn(-c4ccc(Br)cc4)c3)cn2)CC1. The summed E-state index contributed by atoms with van der Waals surface area (Å²) < 4.78 is 2.69. The highest BCUT2D eigenvalue weighted by molar-refractivity contribution is 9.10. The van der Waals surface area contributed by atoms with Crippen LogP contribution in [0.4, 0.5) is 5.82 Å². The Bertz CT molecular complexity index is 978. The zero-order valence-corrected chi connectivity index (χ0v) is 18.5. The second kappa shape index (κ2) is 9.40. The average molecular weight is 469 g/mol. The average Bonchev–Trinajstić information content (AvgIpc) is 3.29. The van der Waals surface area contributed by atoms with Gasteiger partial charge in [0.1, 0.15) is 5.82 Å². The largest absolute Gasteiger partial charge is 0.354 e. The Labute approximate surface area is 184 Å². The first-order valence-electron chi connectivity index (χ1n) is 10.1. The number of likely N-dealkylation sites (N-methyl/N-ethyl adjacent to an activating group) is 1. The highest BCUT2D eigenvalue weighted by atomic mass is 79.9. The summed E-state index contributed by atoms with van der Waals surface area (Å²) in [6.07, 6.45) is 5.15.